The molecule has 0 radical (unpaired) electrons. The fourth-order valence-corrected chi connectivity index (χ4v) is 3.47. The van der Waals surface area contributed by atoms with Crippen LogP contribution in [0.3, 0.4) is 0 Å². The average Bonchev–Trinajstić information content (AvgIpc) is 3.28. The van der Waals surface area contributed by atoms with Gasteiger partial charge in [-0.25, -0.2) is 12.8 Å². The lowest BCUT2D eigenvalue weighted by atomic mass is 10.2. The first-order chi connectivity index (χ1) is 10.3. The Morgan fingerprint density at radius 2 is 2.00 bits per heavy atom. The van der Waals surface area contributed by atoms with Crippen molar-refractivity contribution in [2.24, 2.45) is 11.7 Å². The van der Waals surface area contributed by atoms with Crippen molar-refractivity contribution in [1.29, 1.82) is 0 Å². The Kier molecular flexibility index (Phi) is 6.94. The Balaban J connectivity index is 0.00000264. The van der Waals surface area contributed by atoms with Crippen molar-refractivity contribution < 1.29 is 17.6 Å². The molecular weight excluding hydrogens is 345 g/mol. The van der Waals surface area contributed by atoms with Gasteiger partial charge in [-0.1, -0.05) is 12.1 Å². The number of halogens is 2. The minimum absolute atomic E-state index is 0. The Morgan fingerprint density at radius 1 is 1.39 bits per heavy atom. The monoisotopic (exact) mass is 365 g/mol. The van der Waals surface area contributed by atoms with Crippen molar-refractivity contribution in [3.63, 3.8) is 0 Å². The summed E-state index contributed by atoms with van der Waals surface area (Å²) < 4.78 is 40.0. The summed E-state index contributed by atoms with van der Waals surface area (Å²) in [6, 6.07) is 3.85. The predicted octanol–water partition coefficient (Wildman–Crippen LogP) is 0.768. The van der Waals surface area contributed by atoms with Crippen LogP contribution in [0.5, 0.6) is 0 Å². The Bertz CT molecular complexity index is 652. The van der Waals surface area contributed by atoms with Crippen molar-refractivity contribution in [3.8, 4) is 0 Å². The molecule has 0 bridgehead atoms. The first-order valence-corrected chi connectivity index (χ1v) is 8.60. The molecule has 0 spiro atoms. The van der Waals surface area contributed by atoms with Crippen LogP contribution < -0.4 is 15.8 Å². The number of hydrogen-bond donors (Lipinski definition) is 3. The highest BCUT2D eigenvalue weighted by Crippen LogP contribution is 2.32. The van der Waals surface area contributed by atoms with E-state index in [1.54, 1.807) is 0 Å². The fourth-order valence-electron chi connectivity index (χ4n) is 2.19. The second kappa shape index (κ2) is 8.05. The molecule has 130 valence electrons. The van der Waals surface area contributed by atoms with Crippen LogP contribution in [0.25, 0.3) is 0 Å². The zero-order chi connectivity index (χ0) is 16.3. The third kappa shape index (κ3) is 5.13. The first kappa shape index (κ1) is 19.8. The van der Waals surface area contributed by atoms with Gasteiger partial charge >= 0.3 is 0 Å². The standard InChI is InChI=1S/C14H20FN3O3S.ClH/c1-9(14(19)17-12(8-16)10-6-7-10)18-22(20,21)13-5-3-2-4-11(13)15;/h2-5,9-10,12,18H,6-8,16H2,1H3,(H,17,19);1H. The lowest BCUT2D eigenvalue weighted by molar-refractivity contribution is -0.123. The molecule has 0 aliphatic heterocycles. The normalized spacial score (nSPS) is 17.0. The summed E-state index contributed by atoms with van der Waals surface area (Å²) in [5, 5.41) is 2.73. The van der Waals surface area contributed by atoms with Gasteiger partial charge in [-0.2, -0.15) is 4.72 Å². The van der Waals surface area contributed by atoms with E-state index in [9.17, 15) is 17.6 Å². The summed E-state index contributed by atoms with van der Waals surface area (Å²) in [6.07, 6.45) is 2.02. The number of benzene rings is 1. The topological polar surface area (TPSA) is 101 Å². The van der Waals surface area contributed by atoms with Crippen LogP contribution in [-0.4, -0.2) is 33.0 Å². The van der Waals surface area contributed by atoms with Crippen LogP contribution in [-0.2, 0) is 14.8 Å². The van der Waals surface area contributed by atoms with Crippen molar-refractivity contribution in [2.75, 3.05) is 6.54 Å². The van der Waals surface area contributed by atoms with Gasteiger partial charge in [-0.05, 0) is 37.8 Å². The number of sulfonamides is 1. The van der Waals surface area contributed by atoms with E-state index in [4.69, 9.17) is 5.73 Å². The molecule has 4 N–H and O–H groups in total. The molecule has 1 amide bonds. The predicted molar refractivity (Wildman–Crippen MR) is 87.1 cm³/mol. The van der Waals surface area contributed by atoms with Gasteiger partial charge in [0.1, 0.15) is 10.7 Å². The number of amides is 1. The smallest absolute Gasteiger partial charge is 0.244 e. The van der Waals surface area contributed by atoms with E-state index in [0.717, 1.165) is 25.0 Å². The highest BCUT2D eigenvalue weighted by atomic mass is 35.5. The van der Waals surface area contributed by atoms with Gasteiger partial charge in [0.25, 0.3) is 0 Å². The molecule has 6 nitrogen and oxygen atoms in total. The lowest BCUT2D eigenvalue weighted by Gasteiger charge is -2.20. The Morgan fingerprint density at radius 3 is 2.52 bits per heavy atom. The van der Waals surface area contributed by atoms with Crippen molar-refractivity contribution in [1.82, 2.24) is 10.0 Å². The van der Waals surface area contributed by atoms with E-state index in [1.807, 2.05) is 0 Å². The van der Waals surface area contributed by atoms with Gasteiger partial charge in [0.2, 0.25) is 15.9 Å². The van der Waals surface area contributed by atoms with E-state index in [-0.39, 0.29) is 18.4 Å². The first-order valence-electron chi connectivity index (χ1n) is 7.12. The summed E-state index contributed by atoms with van der Waals surface area (Å²) >= 11 is 0. The SMILES string of the molecule is CC(NS(=O)(=O)c1ccccc1F)C(=O)NC(CN)C1CC1.Cl. The second-order valence-corrected chi connectivity index (χ2v) is 7.14. The maximum absolute atomic E-state index is 13.6. The maximum Gasteiger partial charge on any atom is 0.244 e. The fraction of sp³-hybridized carbons (Fsp3) is 0.500. The van der Waals surface area contributed by atoms with Crippen LogP contribution in [0.15, 0.2) is 29.2 Å². The van der Waals surface area contributed by atoms with Gasteiger partial charge in [0.15, 0.2) is 0 Å². The largest absolute Gasteiger partial charge is 0.350 e. The number of nitrogens with one attached hydrogen (secondary N) is 2. The molecule has 0 saturated heterocycles. The zero-order valence-corrected chi connectivity index (χ0v) is 14.3. The molecule has 1 aromatic carbocycles. The van der Waals surface area contributed by atoms with E-state index in [0.29, 0.717) is 12.5 Å². The molecule has 2 rings (SSSR count). The Hall–Kier alpha value is -1.22. The van der Waals surface area contributed by atoms with Crippen molar-refractivity contribution in [2.45, 2.75) is 36.7 Å². The van der Waals surface area contributed by atoms with Gasteiger partial charge in [0.05, 0.1) is 6.04 Å². The molecule has 1 saturated carbocycles. The number of nitrogens with two attached hydrogens (primary N) is 1. The molecule has 9 heteroatoms. The quantitative estimate of drug-likeness (QED) is 0.664. The molecule has 1 aliphatic carbocycles. The molecule has 0 aromatic heterocycles. The van der Waals surface area contributed by atoms with Crippen LogP contribution in [0.4, 0.5) is 4.39 Å². The lowest BCUT2D eigenvalue weighted by Crippen LogP contribution is -2.50. The third-order valence-corrected chi connectivity index (χ3v) is 5.20. The number of rotatable bonds is 7. The van der Waals surface area contributed by atoms with Crippen LogP contribution in [0.2, 0.25) is 0 Å². The van der Waals surface area contributed by atoms with Crippen LogP contribution in [0.1, 0.15) is 19.8 Å². The number of carbonyl (C=O) groups is 1. The minimum Gasteiger partial charge on any atom is -0.350 e. The van der Waals surface area contributed by atoms with Gasteiger partial charge in [-0.15, -0.1) is 12.4 Å². The molecule has 23 heavy (non-hydrogen) atoms. The van der Waals surface area contributed by atoms with E-state index in [1.165, 1.54) is 19.1 Å². The number of carbonyl (C=O) groups excluding carboxylic acids is 1. The number of hydrogen-bond acceptors (Lipinski definition) is 4. The van der Waals surface area contributed by atoms with Gasteiger partial charge in [-0.3, -0.25) is 4.79 Å². The van der Waals surface area contributed by atoms with Crippen LogP contribution in [0, 0.1) is 11.7 Å². The zero-order valence-electron chi connectivity index (χ0n) is 12.7. The summed E-state index contributed by atoms with van der Waals surface area (Å²) in [6.45, 7) is 1.72. The highest BCUT2D eigenvalue weighted by molar-refractivity contribution is 7.89. The molecule has 1 fully saturated rings. The molecule has 0 heterocycles. The average molecular weight is 366 g/mol. The van der Waals surface area contributed by atoms with Crippen LogP contribution >= 0.6 is 12.4 Å². The molecule has 1 aliphatic rings. The molecule has 2 unspecified atom stereocenters. The summed E-state index contributed by atoms with van der Waals surface area (Å²) in [5.74, 6) is -0.966. The summed E-state index contributed by atoms with van der Waals surface area (Å²) in [5.41, 5.74) is 5.60. The highest BCUT2D eigenvalue weighted by Gasteiger charge is 2.33. The van der Waals surface area contributed by atoms with Gasteiger partial charge < -0.3 is 11.1 Å². The third-order valence-electron chi connectivity index (χ3n) is 3.62. The molecule has 2 atom stereocenters. The van der Waals surface area contributed by atoms with Crippen molar-refractivity contribution >= 4 is 28.3 Å². The second-order valence-electron chi connectivity index (χ2n) is 5.46. The minimum atomic E-state index is -4.10. The van der Waals surface area contributed by atoms with E-state index >= 15 is 0 Å². The van der Waals surface area contributed by atoms with Crippen molar-refractivity contribution in [3.05, 3.63) is 30.1 Å². The van der Waals surface area contributed by atoms with E-state index in [2.05, 4.69) is 10.0 Å². The molecule has 1 aromatic rings. The van der Waals surface area contributed by atoms with Gasteiger partial charge in [0, 0.05) is 12.6 Å². The molecular formula is C14H21ClFN3O3S. The summed E-state index contributed by atoms with van der Waals surface area (Å²) in [7, 11) is -4.10. The Labute approximate surface area is 141 Å². The summed E-state index contributed by atoms with van der Waals surface area (Å²) in [4.78, 5) is 11.6. The van der Waals surface area contributed by atoms with E-state index < -0.39 is 32.7 Å². The maximum atomic E-state index is 13.6.